The predicted molar refractivity (Wildman–Crippen MR) is 100 cm³/mol. The summed E-state index contributed by atoms with van der Waals surface area (Å²) >= 11 is 0. The number of pyridine rings is 1. The standard InChI is InChI=1S/C21H24N2O3/c1-22-13-11-17(14-20(22)25)21(26)23-12-5-8-18(15-23)19(24)10-9-16-6-3-2-4-7-16/h2-4,6-7,11,13-14,18H,5,8-10,12,15H2,1H3/t18-/m0/s1. The Balaban J connectivity index is 1.61. The van der Waals surface area contributed by atoms with Gasteiger partial charge in [0.25, 0.3) is 11.5 Å². The third-order valence-corrected chi connectivity index (χ3v) is 5.02. The minimum absolute atomic E-state index is 0.108. The van der Waals surface area contributed by atoms with Crippen LogP contribution in [0, 0.1) is 5.92 Å². The van der Waals surface area contributed by atoms with E-state index in [1.165, 1.54) is 10.6 Å². The third-order valence-electron chi connectivity index (χ3n) is 5.02. The number of piperidine rings is 1. The summed E-state index contributed by atoms with van der Waals surface area (Å²) in [5.41, 5.74) is 1.35. The van der Waals surface area contributed by atoms with E-state index in [1.54, 1.807) is 24.2 Å². The zero-order valence-corrected chi connectivity index (χ0v) is 15.1. The van der Waals surface area contributed by atoms with Gasteiger partial charge in [-0.2, -0.15) is 0 Å². The van der Waals surface area contributed by atoms with Gasteiger partial charge in [-0.1, -0.05) is 30.3 Å². The molecule has 5 heteroatoms. The van der Waals surface area contributed by atoms with Crippen LogP contribution in [0.1, 0.15) is 35.2 Å². The second-order valence-electron chi connectivity index (χ2n) is 6.91. The molecule has 0 spiro atoms. The monoisotopic (exact) mass is 352 g/mol. The quantitative estimate of drug-likeness (QED) is 0.830. The van der Waals surface area contributed by atoms with Crippen molar-refractivity contribution in [3.63, 3.8) is 0 Å². The Hall–Kier alpha value is -2.69. The maximum absolute atomic E-state index is 12.7. The molecule has 1 saturated heterocycles. The van der Waals surface area contributed by atoms with Crippen LogP contribution in [0.4, 0.5) is 0 Å². The average molecular weight is 352 g/mol. The van der Waals surface area contributed by atoms with Crippen LogP contribution >= 0.6 is 0 Å². The average Bonchev–Trinajstić information content (AvgIpc) is 2.68. The van der Waals surface area contributed by atoms with Gasteiger partial charge >= 0.3 is 0 Å². The van der Waals surface area contributed by atoms with Crippen molar-refractivity contribution in [3.8, 4) is 0 Å². The molecule has 0 N–H and O–H groups in total. The summed E-state index contributed by atoms with van der Waals surface area (Å²) in [6.07, 6.45) is 4.48. The predicted octanol–water partition coefficient (Wildman–Crippen LogP) is 2.44. The van der Waals surface area contributed by atoms with Crippen molar-refractivity contribution < 1.29 is 9.59 Å². The minimum atomic E-state index is -0.205. The zero-order chi connectivity index (χ0) is 18.5. The van der Waals surface area contributed by atoms with Gasteiger partial charge in [0.1, 0.15) is 5.78 Å². The molecule has 1 aromatic carbocycles. The number of aryl methyl sites for hydroxylation is 2. The van der Waals surface area contributed by atoms with Crippen molar-refractivity contribution in [2.45, 2.75) is 25.7 Å². The highest BCUT2D eigenvalue weighted by atomic mass is 16.2. The Morgan fingerprint density at radius 2 is 1.92 bits per heavy atom. The van der Waals surface area contributed by atoms with Gasteiger partial charge in [-0.15, -0.1) is 0 Å². The molecule has 1 aliphatic rings. The van der Waals surface area contributed by atoms with Crippen molar-refractivity contribution in [1.82, 2.24) is 9.47 Å². The number of aromatic nitrogens is 1. The molecule has 2 heterocycles. The molecule has 5 nitrogen and oxygen atoms in total. The topological polar surface area (TPSA) is 59.4 Å². The molecular weight excluding hydrogens is 328 g/mol. The number of nitrogens with zero attached hydrogens (tertiary/aromatic N) is 2. The molecule has 0 radical (unpaired) electrons. The Kier molecular flexibility index (Phi) is 5.66. The molecule has 136 valence electrons. The van der Waals surface area contributed by atoms with Crippen LogP contribution in [-0.2, 0) is 18.3 Å². The molecule has 0 saturated carbocycles. The fourth-order valence-corrected chi connectivity index (χ4v) is 3.40. The number of hydrogen-bond acceptors (Lipinski definition) is 3. The number of amides is 1. The molecule has 3 rings (SSSR count). The van der Waals surface area contributed by atoms with Crippen molar-refractivity contribution in [3.05, 3.63) is 70.1 Å². The number of benzene rings is 1. The van der Waals surface area contributed by atoms with Gasteiger partial charge < -0.3 is 9.47 Å². The molecular formula is C21H24N2O3. The second-order valence-corrected chi connectivity index (χ2v) is 6.91. The summed E-state index contributed by atoms with van der Waals surface area (Å²) in [4.78, 5) is 38.7. The first-order valence-electron chi connectivity index (χ1n) is 9.07. The molecule has 1 aromatic heterocycles. The smallest absolute Gasteiger partial charge is 0.254 e. The Labute approximate surface area is 153 Å². The third kappa shape index (κ3) is 4.28. The lowest BCUT2D eigenvalue weighted by Gasteiger charge is -2.32. The fraction of sp³-hybridized carbons (Fsp3) is 0.381. The fourth-order valence-electron chi connectivity index (χ4n) is 3.40. The molecule has 0 aliphatic carbocycles. The lowest BCUT2D eigenvalue weighted by Crippen LogP contribution is -2.42. The molecule has 1 amide bonds. The number of ketones is 1. The van der Waals surface area contributed by atoms with Crippen molar-refractivity contribution in [2.75, 3.05) is 13.1 Å². The van der Waals surface area contributed by atoms with Gasteiger partial charge in [0.2, 0.25) is 0 Å². The first-order valence-corrected chi connectivity index (χ1v) is 9.07. The highest BCUT2D eigenvalue weighted by molar-refractivity contribution is 5.94. The van der Waals surface area contributed by atoms with Crippen molar-refractivity contribution >= 4 is 11.7 Å². The summed E-state index contributed by atoms with van der Waals surface area (Å²) in [5, 5.41) is 0. The highest BCUT2D eigenvalue weighted by Crippen LogP contribution is 2.21. The van der Waals surface area contributed by atoms with Gasteiger partial charge in [0.15, 0.2) is 0 Å². The second kappa shape index (κ2) is 8.13. The van der Waals surface area contributed by atoms with Gasteiger partial charge in [-0.05, 0) is 30.9 Å². The lowest BCUT2D eigenvalue weighted by molar-refractivity contribution is -0.124. The van der Waals surface area contributed by atoms with E-state index in [0.29, 0.717) is 25.1 Å². The van der Waals surface area contributed by atoms with Crippen LogP contribution in [0.5, 0.6) is 0 Å². The molecule has 2 aromatic rings. The Morgan fingerprint density at radius 1 is 1.15 bits per heavy atom. The number of hydrogen-bond donors (Lipinski definition) is 0. The van der Waals surface area contributed by atoms with Gasteiger partial charge in [-0.25, -0.2) is 0 Å². The SMILES string of the molecule is Cn1ccc(C(=O)N2CCC[C@H](C(=O)CCc3ccccc3)C2)cc1=O. The molecule has 0 unspecified atom stereocenters. The zero-order valence-electron chi connectivity index (χ0n) is 15.1. The first-order chi connectivity index (χ1) is 12.5. The number of carbonyl (C=O) groups is 2. The number of carbonyl (C=O) groups excluding carboxylic acids is 2. The molecule has 1 fully saturated rings. The van der Waals surface area contributed by atoms with Crippen LogP contribution in [-0.4, -0.2) is 34.2 Å². The molecule has 0 bridgehead atoms. The van der Waals surface area contributed by atoms with E-state index in [-0.39, 0.29) is 23.2 Å². The van der Waals surface area contributed by atoms with Gasteiger partial charge in [0.05, 0.1) is 0 Å². The van der Waals surface area contributed by atoms with Crippen molar-refractivity contribution in [2.24, 2.45) is 13.0 Å². The van der Waals surface area contributed by atoms with E-state index in [0.717, 1.165) is 24.8 Å². The number of rotatable bonds is 5. The Bertz CT molecular complexity index is 842. The lowest BCUT2D eigenvalue weighted by atomic mass is 9.90. The van der Waals surface area contributed by atoms with Crippen LogP contribution in [0.25, 0.3) is 0 Å². The molecule has 26 heavy (non-hydrogen) atoms. The van der Waals surface area contributed by atoms with E-state index in [9.17, 15) is 14.4 Å². The summed E-state index contributed by atoms with van der Waals surface area (Å²) in [6.45, 7) is 1.08. The highest BCUT2D eigenvalue weighted by Gasteiger charge is 2.28. The van der Waals surface area contributed by atoms with E-state index in [4.69, 9.17) is 0 Å². The van der Waals surface area contributed by atoms with Crippen LogP contribution in [0.15, 0.2) is 53.5 Å². The number of likely N-dealkylation sites (tertiary alicyclic amines) is 1. The maximum atomic E-state index is 12.7. The van der Waals surface area contributed by atoms with Crippen LogP contribution in [0.2, 0.25) is 0 Å². The van der Waals surface area contributed by atoms with Crippen molar-refractivity contribution in [1.29, 1.82) is 0 Å². The van der Waals surface area contributed by atoms with E-state index in [2.05, 4.69) is 0 Å². The largest absolute Gasteiger partial charge is 0.338 e. The van der Waals surface area contributed by atoms with Gasteiger partial charge in [-0.3, -0.25) is 14.4 Å². The summed E-state index contributed by atoms with van der Waals surface area (Å²) in [7, 11) is 1.65. The van der Waals surface area contributed by atoms with E-state index in [1.807, 2.05) is 30.3 Å². The van der Waals surface area contributed by atoms with Crippen LogP contribution in [0.3, 0.4) is 0 Å². The minimum Gasteiger partial charge on any atom is -0.338 e. The Morgan fingerprint density at radius 3 is 2.65 bits per heavy atom. The van der Waals surface area contributed by atoms with E-state index >= 15 is 0 Å². The molecule has 1 atom stereocenters. The summed E-state index contributed by atoms with van der Waals surface area (Å²) < 4.78 is 1.43. The summed E-state index contributed by atoms with van der Waals surface area (Å²) in [5.74, 6) is -0.0541. The van der Waals surface area contributed by atoms with Gasteiger partial charge in [0, 0.05) is 50.3 Å². The first kappa shape index (κ1) is 18.1. The maximum Gasteiger partial charge on any atom is 0.254 e. The number of Topliss-reactive ketones (excluding diaryl/α,β-unsaturated/α-hetero) is 1. The van der Waals surface area contributed by atoms with Crippen LogP contribution < -0.4 is 5.56 Å². The summed E-state index contributed by atoms with van der Waals surface area (Å²) in [6, 6.07) is 13.0. The normalized spacial score (nSPS) is 17.1. The van der Waals surface area contributed by atoms with E-state index < -0.39 is 0 Å². The molecule has 1 aliphatic heterocycles.